The molecule has 1 fully saturated rings. The molecular weight excluding hydrogens is 268 g/mol. The highest BCUT2D eigenvalue weighted by Crippen LogP contribution is 2.67. The van der Waals surface area contributed by atoms with Gasteiger partial charge in [0, 0.05) is 12.2 Å². The second kappa shape index (κ2) is 5.06. The van der Waals surface area contributed by atoms with Crippen LogP contribution in [0.4, 0.5) is 10.5 Å². The maximum absolute atomic E-state index is 11.9. The number of amides is 2. The molecular formula is C16H22N2O3. The molecule has 1 aromatic carbocycles. The van der Waals surface area contributed by atoms with Gasteiger partial charge in [-0.05, 0) is 34.9 Å². The molecule has 0 aliphatic heterocycles. The van der Waals surface area contributed by atoms with Crippen molar-refractivity contribution in [3.63, 3.8) is 0 Å². The fraction of sp³-hybridized carbons (Fsp3) is 0.500. The van der Waals surface area contributed by atoms with E-state index in [4.69, 9.17) is 5.11 Å². The van der Waals surface area contributed by atoms with Crippen LogP contribution in [0.3, 0.4) is 0 Å². The third-order valence-electron chi connectivity index (χ3n) is 5.15. The van der Waals surface area contributed by atoms with E-state index >= 15 is 0 Å². The molecule has 3 N–H and O–H groups in total. The molecule has 5 nitrogen and oxygen atoms in total. The monoisotopic (exact) mass is 290 g/mol. The van der Waals surface area contributed by atoms with Gasteiger partial charge in [-0.3, -0.25) is 0 Å². The topological polar surface area (TPSA) is 78.4 Å². The molecule has 2 rings (SSSR count). The molecule has 1 saturated carbocycles. The fourth-order valence-corrected chi connectivity index (χ4v) is 2.94. The van der Waals surface area contributed by atoms with Gasteiger partial charge in [0.1, 0.15) is 0 Å². The molecule has 0 bridgehead atoms. The molecule has 0 saturated heterocycles. The molecule has 21 heavy (non-hydrogen) atoms. The summed E-state index contributed by atoms with van der Waals surface area (Å²) in [4.78, 5) is 22.8. The summed E-state index contributed by atoms with van der Waals surface area (Å²) in [5.74, 6) is -0.568. The molecule has 0 aromatic heterocycles. The first-order valence-corrected chi connectivity index (χ1v) is 7.04. The zero-order valence-electron chi connectivity index (χ0n) is 12.9. The summed E-state index contributed by atoms with van der Waals surface area (Å²) < 4.78 is 0. The zero-order chi connectivity index (χ0) is 15.8. The Bertz CT molecular complexity index is 565. The van der Waals surface area contributed by atoms with Crippen LogP contribution in [0.1, 0.15) is 38.1 Å². The van der Waals surface area contributed by atoms with Gasteiger partial charge >= 0.3 is 12.0 Å². The first-order chi connectivity index (χ1) is 9.66. The molecule has 5 heteroatoms. The van der Waals surface area contributed by atoms with Crippen LogP contribution in [0.5, 0.6) is 0 Å². The number of urea groups is 1. The fourth-order valence-electron chi connectivity index (χ4n) is 2.94. The number of rotatable bonds is 4. The Morgan fingerprint density at radius 2 is 1.81 bits per heavy atom. The number of carboxylic acid groups (broad SMARTS) is 1. The Morgan fingerprint density at radius 3 is 2.33 bits per heavy atom. The van der Waals surface area contributed by atoms with Gasteiger partial charge in [0.25, 0.3) is 0 Å². The molecule has 1 aliphatic carbocycles. The number of anilines is 1. The van der Waals surface area contributed by atoms with E-state index in [1.807, 2.05) is 0 Å². The molecule has 1 aromatic rings. The van der Waals surface area contributed by atoms with Crippen molar-refractivity contribution < 1.29 is 14.7 Å². The molecule has 2 amide bonds. The number of hydrogen-bond donors (Lipinski definition) is 3. The number of nitrogens with one attached hydrogen (secondary N) is 2. The van der Waals surface area contributed by atoms with Crippen LogP contribution in [0.2, 0.25) is 0 Å². The Labute approximate surface area is 124 Å². The predicted molar refractivity (Wildman–Crippen MR) is 81.5 cm³/mol. The first-order valence-electron chi connectivity index (χ1n) is 7.04. The summed E-state index contributed by atoms with van der Waals surface area (Å²) in [6.45, 7) is 9.42. The summed E-state index contributed by atoms with van der Waals surface area (Å²) in [6.07, 6.45) is 0. The van der Waals surface area contributed by atoms with Crippen LogP contribution in [-0.4, -0.2) is 23.7 Å². The first kappa shape index (κ1) is 15.4. The van der Waals surface area contributed by atoms with Crippen LogP contribution < -0.4 is 10.6 Å². The van der Waals surface area contributed by atoms with Crippen LogP contribution in [-0.2, 0) is 0 Å². The largest absolute Gasteiger partial charge is 0.478 e. The van der Waals surface area contributed by atoms with Crippen molar-refractivity contribution in [2.75, 3.05) is 11.9 Å². The number of benzene rings is 1. The lowest BCUT2D eigenvalue weighted by atomic mass is 10.0. The molecule has 114 valence electrons. The molecule has 0 spiro atoms. The number of carbonyl (C=O) groups excluding carboxylic acids is 1. The second-order valence-electron chi connectivity index (χ2n) is 6.72. The van der Waals surface area contributed by atoms with Gasteiger partial charge in [0.05, 0.1) is 5.56 Å². The van der Waals surface area contributed by atoms with Gasteiger partial charge in [0.15, 0.2) is 0 Å². The lowest BCUT2D eigenvalue weighted by Gasteiger charge is -2.09. The smallest absolute Gasteiger partial charge is 0.335 e. The maximum atomic E-state index is 11.9. The number of carboxylic acids is 1. The molecule has 0 heterocycles. The summed E-state index contributed by atoms with van der Waals surface area (Å²) in [5.41, 5.74) is 1.08. The highest BCUT2D eigenvalue weighted by molar-refractivity contribution is 5.93. The van der Waals surface area contributed by atoms with Crippen molar-refractivity contribution in [1.82, 2.24) is 5.32 Å². The Hall–Kier alpha value is -2.04. The van der Waals surface area contributed by atoms with E-state index in [1.54, 1.807) is 12.1 Å². The standard InChI is InChI=1S/C16H22N2O3/c1-15(2)12(16(15,3)4)9-17-14(21)18-11-7-5-6-10(8-11)13(19)20/h5-8,12H,9H2,1-4H3,(H,19,20)(H2,17,18,21). The van der Waals surface area contributed by atoms with Gasteiger partial charge in [-0.1, -0.05) is 33.8 Å². The minimum atomic E-state index is -1.01. The summed E-state index contributed by atoms with van der Waals surface area (Å²) >= 11 is 0. The van der Waals surface area contributed by atoms with E-state index in [1.165, 1.54) is 12.1 Å². The Balaban J connectivity index is 1.89. The van der Waals surface area contributed by atoms with E-state index < -0.39 is 5.97 Å². The van der Waals surface area contributed by atoms with E-state index in [2.05, 4.69) is 38.3 Å². The number of hydrogen-bond acceptors (Lipinski definition) is 2. The van der Waals surface area contributed by atoms with Gasteiger partial charge in [-0.15, -0.1) is 0 Å². The third kappa shape index (κ3) is 2.86. The summed E-state index contributed by atoms with van der Waals surface area (Å²) in [5, 5.41) is 14.4. The minimum absolute atomic E-state index is 0.150. The lowest BCUT2D eigenvalue weighted by Crippen LogP contribution is -2.31. The lowest BCUT2D eigenvalue weighted by molar-refractivity contribution is 0.0697. The number of aromatic carboxylic acids is 1. The number of carbonyl (C=O) groups is 2. The van der Waals surface area contributed by atoms with Gasteiger partial charge in [0.2, 0.25) is 0 Å². The maximum Gasteiger partial charge on any atom is 0.335 e. The van der Waals surface area contributed by atoms with Crippen molar-refractivity contribution in [3.8, 4) is 0 Å². The molecule has 0 radical (unpaired) electrons. The average Bonchev–Trinajstić information content (AvgIpc) is 2.77. The van der Waals surface area contributed by atoms with Crippen molar-refractivity contribution in [1.29, 1.82) is 0 Å². The Morgan fingerprint density at radius 1 is 1.19 bits per heavy atom. The normalized spacial score (nSPS) is 18.9. The summed E-state index contributed by atoms with van der Waals surface area (Å²) in [7, 11) is 0. The average molecular weight is 290 g/mol. The SMILES string of the molecule is CC1(C)C(CNC(=O)Nc2cccc(C(=O)O)c2)C1(C)C. The van der Waals surface area contributed by atoms with Crippen molar-refractivity contribution >= 4 is 17.7 Å². The van der Waals surface area contributed by atoms with Crippen LogP contribution >= 0.6 is 0 Å². The molecule has 0 atom stereocenters. The minimum Gasteiger partial charge on any atom is -0.478 e. The van der Waals surface area contributed by atoms with E-state index in [0.717, 1.165) is 0 Å². The molecule has 1 aliphatic rings. The van der Waals surface area contributed by atoms with Crippen molar-refractivity contribution in [3.05, 3.63) is 29.8 Å². The second-order valence-corrected chi connectivity index (χ2v) is 6.72. The van der Waals surface area contributed by atoms with E-state index in [0.29, 0.717) is 18.2 Å². The van der Waals surface area contributed by atoms with Crippen LogP contribution in [0.15, 0.2) is 24.3 Å². The van der Waals surface area contributed by atoms with Crippen molar-refractivity contribution in [2.45, 2.75) is 27.7 Å². The third-order valence-corrected chi connectivity index (χ3v) is 5.15. The Kier molecular flexibility index (Phi) is 3.70. The van der Waals surface area contributed by atoms with Gasteiger partial charge in [-0.25, -0.2) is 9.59 Å². The van der Waals surface area contributed by atoms with Crippen LogP contribution in [0.25, 0.3) is 0 Å². The van der Waals surface area contributed by atoms with E-state index in [9.17, 15) is 9.59 Å². The molecule has 0 unspecified atom stereocenters. The zero-order valence-corrected chi connectivity index (χ0v) is 12.9. The quantitative estimate of drug-likeness (QED) is 0.797. The predicted octanol–water partition coefficient (Wildman–Crippen LogP) is 3.19. The van der Waals surface area contributed by atoms with E-state index in [-0.39, 0.29) is 22.4 Å². The summed E-state index contributed by atoms with van der Waals surface area (Å²) in [6, 6.07) is 5.88. The van der Waals surface area contributed by atoms with Gasteiger partial charge in [-0.2, -0.15) is 0 Å². The van der Waals surface area contributed by atoms with Crippen molar-refractivity contribution in [2.24, 2.45) is 16.7 Å². The highest BCUT2D eigenvalue weighted by Gasteiger charge is 2.64. The van der Waals surface area contributed by atoms with Crippen LogP contribution in [0, 0.1) is 16.7 Å². The van der Waals surface area contributed by atoms with Gasteiger partial charge < -0.3 is 15.7 Å². The highest BCUT2D eigenvalue weighted by atomic mass is 16.4.